The summed E-state index contributed by atoms with van der Waals surface area (Å²) in [7, 11) is 1.93. The number of hydrogen-bond donors (Lipinski definition) is 7. The largest absolute Gasteiger partial charge is 0.316 e. The molecule has 0 aromatic rings. The van der Waals surface area contributed by atoms with E-state index in [0.717, 1.165) is 0 Å². The average Bonchev–Trinajstić information content (AvgIpc) is 2.82. The molecule has 10 atom stereocenters. The van der Waals surface area contributed by atoms with Crippen LogP contribution in [0.15, 0.2) is 0 Å². The van der Waals surface area contributed by atoms with Gasteiger partial charge in [0.25, 0.3) is 0 Å². The van der Waals surface area contributed by atoms with Crippen molar-refractivity contribution in [3.8, 4) is 0 Å². The maximum atomic E-state index is 10.1. The van der Waals surface area contributed by atoms with Gasteiger partial charge in [-0.1, -0.05) is 0 Å². The fourth-order valence-corrected chi connectivity index (χ4v) is 2.90. The van der Waals surface area contributed by atoms with Gasteiger partial charge < -0.3 is 54.5 Å². The van der Waals surface area contributed by atoms with Crippen LogP contribution in [0.4, 0.5) is 0 Å². The van der Waals surface area contributed by atoms with Gasteiger partial charge in [0.15, 0.2) is 6.29 Å². The summed E-state index contributed by atoms with van der Waals surface area (Å²) in [4.78, 5) is 0. The summed E-state index contributed by atoms with van der Waals surface area (Å²) in [5.41, 5.74) is 0. The van der Waals surface area contributed by atoms with E-state index < -0.39 is 68.0 Å². The van der Waals surface area contributed by atoms with Crippen LogP contribution in [0, 0.1) is 0 Å². The Labute approximate surface area is 198 Å². The molecule has 0 spiro atoms. The smallest absolute Gasteiger partial charge is 0.316 e. The van der Waals surface area contributed by atoms with Crippen LogP contribution in [0.25, 0.3) is 0 Å². The van der Waals surface area contributed by atoms with Gasteiger partial charge in [-0.05, 0) is 0 Å². The molecule has 2 aliphatic heterocycles. The van der Waals surface area contributed by atoms with Crippen LogP contribution in [0.2, 0.25) is 0 Å². The third-order valence-electron chi connectivity index (χ3n) is 4.15. The first-order valence-electron chi connectivity index (χ1n) is 7.26. The van der Waals surface area contributed by atoms with Crippen molar-refractivity contribution in [1.82, 2.24) is 0 Å². The zero-order chi connectivity index (χ0) is 18.1. The summed E-state index contributed by atoms with van der Waals surface area (Å²) in [6.07, 6.45) is -12.1. The minimum atomic E-state index is -2.19. The van der Waals surface area contributed by atoms with Gasteiger partial charge in [0, 0.05) is 9.47 Å². The summed E-state index contributed by atoms with van der Waals surface area (Å²) in [6.45, 7) is -1.74. The molecule has 0 radical (unpaired) electrons. The van der Waals surface area contributed by atoms with Crippen LogP contribution in [0.1, 0.15) is 0 Å². The summed E-state index contributed by atoms with van der Waals surface area (Å²) in [5, 5.41) is 68.3. The SMILES string of the molecule is OC[C@H]1O[C@@](CO)(O[C@H]2O[C@H](COP)[C@@H](O)[C@H](O)[C@H]2O)[C@@H](O)[C@@H]1O.[CaH2].[MgH2]. The topological polar surface area (TPSA) is 179 Å². The van der Waals surface area contributed by atoms with Gasteiger partial charge in [-0.2, -0.15) is 0 Å². The van der Waals surface area contributed by atoms with Gasteiger partial charge in [0.1, 0.15) is 49.3 Å². The number of ether oxygens (including phenoxy) is 3. The second-order valence-corrected chi connectivity index (χ2v) is 6.04. The van der Waals surface area contributed by atoms with E-state index in [1.807, 2.05) is 9.47 Å². The van der Waals surface area contributed by atoms with Crippen molar-refractivity contribution in [2.75, 3.05) is 19.8 Å². The molecule has 150 valence electrons. The molecule has 1 unspecified atom stereocenters. The molecule has 2 heterocycles. The van der Waals surface area contributed by atoms with Gasteiger partial charge in [0.2, 0.25) is 5.79 Å². The van der Waals surface area contributed by atoms with Crippen LogP contribution in [0.5, 0.6) is 0 Å². The van der Waals surface area contributed by atoms with Crippen LogP contribution >= 0.6 is 9.47 Å². The molecule has 0 bridgehead atoms. The molecule has 2 aliphatic rings. The fourth-order valence-electron chi connectivity index (χ4n) is 2.71. The minimum absolute atomic E-state index is 0. The summed E-state index contributed by atoms with van der Waals surface area (Å²) in [5.74, 6) is -2.19. The zero-order valence-corrected chi connectivity index (χ0v) is 13.7. The van der Waals surface area contributed by atoms with E-state index in [2.05, 4.69) is 0 Å². The predicted molar refractivity (Wildman–Crippen MR) is 94.3 cm³/mol. The van der Waals surface area contributed by atoms with E-state index in [0.29, 0.717) is 0 Å². The molecule has 0 saturated carbocycles. The van der Waals surface area contributed by atoms with E-state index >= 15 is 0 Å². The Morgan fingerprint density at radius 1 is 0.923 bits per heavy atom. The third kappa shape index (κ3) is 5.58. The molecule has 7 N–H and O–H groups in total. The second-order valence-electron chi connectivity index (χ2n) is 5.71. The second kappa shape index (κ2) is 12.0. The van der Waals surface area contributed by atoms with Crippen LogP contribution in [-0.2, 0) is 18.7 Å². The zero-order valence-electron chi connectivity index (χ0n) is 12.6. The first kappa shape index (κ1) is 28.0. The van der Waals surface area contributed by atoms with Gasteiger partial charge in [-0.15, -0.1) is 0 Å². The van der Waals surface area contributed by atoms with Gasteiger partial charge in [0.05, 0.1) is 13.2 Å². The Balaban J connectivity index is 0.00000312. The van der Waals surface area contributed by atoms with Gasteiger partial charge in [-0.25, -0.2) is 0 Å². The van der Waals surface area contributed by atoms with Crippen molar-refractivity contribution in [3.05, 3.63) is 0 Å². The summed E-state index contributed by atoms with van der Waals surface area (Å²) in [6, 6.07) is 0. The maximum Gasteiger partial charge on any atom is 0.316 e. The van der Waals surface area contributed by atoms with Crippen molar-refractivity contribution >= 4 is 70.3 Å². The van der Waals surface area contributed by atoms with Crippen molar-refractivity contribution < 1.29 is 54.5 Å². The van der Waals surface area contributed by atoms with Gasteiger partial charge >= 0.3 is 60.8 Å². The molecule has 2 fully saturated rings. The van der Waals surface area contributed by atoms with E-state index in [1.54, 1.807) is 0 Å². The van der Waals surface area contributed by atoms with Crippen LogP contribution < -0.4 is 0 Å². The number of rotatable bonds is 6. The summed E-state index contributed by atoms with van der Waals surface area (Å²) < 4.78 is 20.6. The van der Waals surface area contributed by atoms with Gasteiger partial charge in [-0.3, -0.25) is 0 Å². The van der Waals surface area contributed by atoms with E-state index in [-0.39, 0.29) is 67.4 Å². The molecule has 0 aromatic carbocycles. The third-order valence-corrected chi connectivity index (χ3v) is 4.34. The van der Waals surface area contributed by atoms with Crippen LogP contribution in [0.3, 0.4) is 0 Å². The Morgan fingerprint density at radius 3 is 2.00 bits per heavy atom. The predicted octanol–water partition coefficient (Wildman–Crippen LogP) is -6.41. The minimum Gasteiger partial charge on any atom is 0.316 e. The van der Waals surface area contributed by atoms with E-state index in [1.165, 1.54) is 0 Å². The van der Waals surface area contributed by atoms with E-state index in [4.69, 9.17) is 23.8 Å². The molecule has 14 heteroatoms. The number of aliphatic hydroxyl groups is 7. The van der Waals surface area contributed by atoms with Crippen molar-refractivity contribution in [1.29, 1.82) is 0 Å². The molecular formula is C12H27CaMgO11P. The van der Waals surface area contributed by atoms with Crippen molar-refractivity contribution in [3.63, 3.8) is 0 Å². The first-order valence-corrected chi connectivity index (χ1v) is 7.73. The quantitative estimate of drug-likeness (QED) is 0.154. The normalized spacial score (nSPS) is 45.7. The number of hydrogen-bond acceptors (Lipinski definition) is 11. The molecule has 0 amide bonds. The first-order chi connectivity index (χ1) is 11.3. The fraction of sp³-hybridized carbons (Fsp3) is 1.00. The Hall–Kier alpha value is 2.02. The molecule has 2 saturated heterocycles. The van der Waals surface area contributed by atoms with Crippen molar-refractivity contribution in [2.45, 2.75) is 54.8 Å². The van der Waals surface area contributed by atoms with E-state index in [9.17, 15) is 30.6 Å². The molecular weight excluding hydrogens is 415 g/mol. The monoisotopic (exact) mass is 442 g/mol. The summed E-state index contributed by atoms with van der Waals surface area (Å²) >= 11 is 0. The Bertz CT molecular complexity index is 427. The molecule has 0 aromatic heterocycles. The standard InChI is InChI=1S/C12H23O11P.Ca.Mg.4H/c13-1-4-7(16)10(19)12(3-14,22-4)23-11-9(18)8(17)6(15)5(21-11)2-20-24;;;;;;/h4-11,13-19H,1-3,24H2;;;;;;/t4-,5-,6-,7-,8+,9-,10+,11-,12+;;;;;;/m1....../s1. The molecule has 26 heavy (non-hydrogen) atoms. The van der Waals surface area contributed by atoms with Crippen molar-refractivity contribution in [2.24, 2.45) is 0 Å². The Kier molecular flexibility index (Phi) is 12.9. The number of aliphatic hydroxyl groups excluding tert-OH is 7. The van der Waals surface area contributed by atoms with Crippen LogP contribution in [-0.4, -0.2) is 171 Å². The molecule has 0 aliphatic carbocycles. The average molecular weight is 443 g/mol. The molecule has 2 rings (SSSR count). The maximum absolute atomic E-state index is 10.1. The molecule has 11 nitrogen and oxygen atoms in total. The Morgan fingerprint density at radius 2 is 1.54 bits per heavy atom.